The van der Waals surface area contributed by atoms with Crippen LogP contribution < -0.4 is 16.0 Å². The third-order valence-corrected chi connectivity index (χ3v) is 2.93. The zero-order valence-electron chi connectivity index (χ0n) is 11.3. The quantitative estimate of drug-likeness (QED) is 0.651. The van der Waals surface area contributed by atoms with Gasteiger partial charge in [-0.1, -0.05) is 19.9 Å². The number of anilines is 1. The van der Waals surface area contributed by atoms with E-state index >= 15 is 0 Å². The number of aromatic nitrogens is 2. The molecule has 0 spiro atoms. The van der Waals surface area contributed by atoms with Gasteiger partial charge < -0.3 is 10.2 Å². The van der Waals surface area contributed by atoms with Crippen LogP contribution in [0.25, 0.3) is 11.4 Å². The number of benzene rings is 1. The molecule has 0 saturated carbocycles. The van der Waals surface area contributed by atoms with E-state index < -0.39 is 0 Å². The van der Waals surface area contributed by atoms with E-state index in [9.17, 15) is 0 Å². The highest BCUT2D eigenvalue weighted by atomic mass is 16.5. The summed E-state index contributed by atoms with van der Waals surface area (Å²) in [5.74, 6) is 7.72. The second kappa shape index (κ2) is 5.67. The van der Waals surface area contributed by atoms with E-state index in [1.807, 2.05) is 6.07 Å². The number of nitrogen functional groups attached to an aromatic ring is 1. The first-order valence-corrected chi connectivity index (χ1v) is 6.13. The summed E-state index contributed by atoms with van der Waals surface area (Å²) in [7, 11) is 1.64. The lowest BCUT2D eigenvalue weighted by Crippen LogP contribution is -2.09. The summed E-state index contributed by atoms with van der Waals surface area (Å²) in [6.07, 6.45) is 1.67. The molecule has 100 valence electrons. The van der Waals surface area contributed by atoms with Gasteiger partial charge >= 0.3 is 0 Å². The van der Waals surface area contributed by atoms with Gasteiger partial charge in [-0.2, -0.15) is 0 Å². The summed E-state index contributed by atoms with van der Waals surface area (Å²) < 4.78 is 5.38. The fourth-order valence-electron chi connectivity index (χ4n) is 1.83. The molecule has 1 heterocycles. The maximum absolute atomic E-state index is 5.38. The molecule has 1 aromatic carbocycles. The Kier molecular flexibility index (Phi) is 3.97. The molecule has 5 nitrogen and oxygen atoms in total. The molecule has 0 saturated heterocycles. The molecule has 0 amide bonds. The Balaban J connectivity index is 2.54. The van der Waals surface area contributed by atoms with Crippen molar-refractivity contribution in [2.24, 2.45) is 5.84 Å². The number of hydrogen-bond donors (Lipinski definition) is 2. The minimum atomic E-state index is 0.431. The van der Waals surface area contributed by atoms with Gasteiger partial charge in [0.25, 0.3) is 0 Å². The van der Waals surface area contributed by atoms with Gasteiger partial charge in [0.1, 0.15) is 11.6 Å². The minimum absolute atomic E-state index is 0.431. The monoisotopic (exact) mass is 258 g/mol. The summed E-state index contributed by atoms with van der Waals surface area (Å²) in [6.45, 7) is 4.29. The Morgan fingerprint density at radius 2 is 2.05 bits per heavy atom. The van der Waals surface area contributed by atoms with Crippen LogP contribution >= 0.6 is 0 Å². The van der Waals surface area contributed by atoms with Gasteiger partial charge in [-0.15, -0.1) is 0 Å². The SMILES string of the molecule is COc1ccc(C(C)C)cc1-c1nccc(NN)n1. The maximum Gasteiger partial charge on any atom is 0.165 e. The van der Waals surface area contributed by atoms with Crippen LogP contribution in [0.3, 0.4) is 0 Å². The first-order chi connectivity index (χ1) is 9.15. The van der Waals surface area contributed by atoms with E-state index in [0.29, 0.717) is 17.6 Å². The van der Waals surface area contributed by atoms with Gasteiger partial charge in [0.15, 0.2) is 5.82 Å². The zero-order valence-corrected chi connectivity index (χ0v) is 11.3. The van der Waals surface area contributed by atoms with E-state index in [1.165, 1.54) is 5.56 Å². The van der Waals surface area contributed by atoms with Crippen molar-refractivity contribution in [3.05, 3.63) is 36.0 Å². The van der Waals surface area contributed by atoms with Crippen molar-refractivity contribution in [2.45, 2.75) is 19.8 Å². The largest absolute Gasteiger partial charge is 0.496 e. The number of nitrogens with zero attached hydrogens (tertiary/aromatic N) is 2. The molecule has 19 heavy (non-hydrogen) atoms. The zero-order chi connectivity index (χ0) is 13.8. The Hall–Kier alpha value is -2.14. The molecule has 0 unspecified atom stereocenters. The van der Waals surface area contributed by atoms with Crippen molar-refractivity contribution >= 4 is 5.82 Å². The maximum atomic E-state index is 5.38. The van der Waals surface area contributed by atoms with Crippen LogP contribution in [0.15, 0.2) is 30.5 Å². The number of ether oxygens (including phenoxy) is 1. The van der Waals surface area contributed by atoms with Crippen LogP contribution in [0.5, 0.6) is 5.75 Å². The highest BCUT2D eigenvalue weighted by molar-refractivity contribution is 5.66. The number of hydrogen-bond acceptors (Lipinski definition) is 5. The van der Waals surface area contributed by atoms with Gasteiger partial charge in [0.05, 0.1) is 12.7 Å². The van der Waals surface area contributed by atoms with Gasteiger partial charge in [-0.05, 0) is 23.6 Å². The summed E-state index contributed by atoms with van der Waals surface area (Å²) in [5, 5.41) is 0. The Morgan fingerprint density at radius 3 is 2.68 bits per heavy atom. The average Bonchev–Trinajstić information content (AvgIpc) is 2.46. The van der Waals surface area contributed by atoms with Crippen LogP contribution in [-0.2, 0) is 0 Å². The van der Waals surface area contributed by atoms with Crippen LogP contribution in [0.2, 0.25) is 0 Å². The summed E-state index contributed by atoms with van der Waals surface area (Å²) >= 11 is 0. The normalized spacial score (nSPS) is 10.6. The lowest BCUT2D eigenvalue weighted by Gasteiger charge is -2.12. The molecule has 0 aliphatic heterocycles. The highest BCUT2D eigenvalue weighted by Crippen LogP contribution is 2.31. The molecule has 0 aliphatic carbocycles. The average molecular weight is 258 g/mol. The molecule has 5 heteroatoms. The molecular formula is C14H18N4O. The first kappa shape index (κ1) is 13.3. The predicted octanol–water partition coefficient (Wildman–Crippen LogP) is 2.56. The molecule has 2 aromatic rings. The first-order valence-electron chi connectivity index (χ1n) is 6.13. The predicted molar refractivity (Wildman–Crippen MR) is 75.9 cm³/mol. The van der Waals surface area contributed by atoms with Crippen LogP contribution in [0.4, 0.5) is 5.82 Å². The number of nitrogens with one attached hydrogen (secondary N) is 1. The second-order valence-electron chi connectivity index (χ2n) is 4.52. The Bertz CT molecular complexity index is 569. The van der Waals surface area contributed by atoms with E-state index in [4.69, 9.17) is 10.6 Å². The van der Waals surface area contributed by atoms with E-state index in [1.54, 1.807) is 19.4 Å². The number of nitrogens with two attached hydrogens (primary N) is 1. The van der Waals surface area contributed by atoms with Crippen molar-refractivity contribution in [1.82, 2.24) is 9.97 Å². The molecule has 1 aromatic heterocycles. The molecule has 0 fully saturated rings. The van der Waals surface area contributed by atoms with Gasteiger partial charge in [-0.25, -0.2) is 15.8 Å². The third-order valence-electron chi connectivity index (χ3n) is 2.93. The molecule has 3 N–H and O–H groups in total. The standard InChI is InChI=1S/C14H18N4O/c1-9(2)10-4-5-12(19-3)11(8-10)14-16-7-6-13(17-14)18-15/h4-9H,15H2,1-3H3,(H,16,17,18). The lowest BCUT2D eigenvalue weighted by atomic mass is 10.00. The van der Waals surface area contributed by atoms with Crippen LogP contribution in [-0.4, -0.2) is 17.1 Å². The van der Waals surface area contributed by atoms with Crippen LogP contribution in [0.1, 0.15) is 25.3 Å². The molecule has 0 radical (unpaired) electrons. The van der Waals surface area contributed by atoms with E-state index in [2.05, 4.69) is 41.4 Å². The number of methoxy groups -OCH3 is 1. The Labute approximate surface area is 112 Å². The van der Waals surface area contributed by atoms with Crippen molar-refractivity contribution in [1.29, 1.82) is 0 Å². The molecule has 0 atom stereocenters. The van der Waals surface area contributed by atoms with Gasteiger partial charge in [0, 0.05) is 12.3 Å². The van der Waals surface area contributed by atoms with Gasteiger partial charge in [-0.3, -0.25) is 0 Å². The van der Waals surface area contributed by atoms with Crippen LogP contribution in [0, 0.1) is 0 Å². The van der Waals surface area contributed by atoms with Crippen molar-refractivity contribution in [3.63, 3.8) is 0 Å². The third kappa shape index (κ3) is 2.82. The van der Waals surface area contributed by atoms with E-state index in [-0.39, 0.29) is 0 Å². The van der Waals surface area contributed by atoms with Crippen molar-refractivity contribution in [3.8, 4) is 17.1 Å². The van der Waals surface area contributed by atoms with Crippen molar-refractivity contribution < 1.29 is 4.74 Å². The summed E-state index contributed by atoms with van der Waals surface area (Å²) in [5.41, 5.74) is 4.60. The second-order valence-corrected chi connectivity index (χ2v) is 4.52. The molecular weight excluding hydrogens is 240 g/mol. The lowest BCUT2D eigenvalue weighted by molar-refractivity contribution is 0.416. The summed E-state index contributed by atoms with van der Waals surface area (Å²) in [6, 6.07) is 7.76. The van der Waals surface area contributed by atoms with Crippen molar-refractivity contribution in [2.75, 3.05) is 12.5 Å². The molecule has 2 rings (SSSR count). The summed E-state index contributed by atoms with van der Waals surface area (Å²) in [4.78, 5) is 8.62. The smallest absolute Gasteiger partial charge is 0.165 e. The fraction of sp³-hybridized carbons (Fsp3) is 0.286. The molecule has 0 aliphatic rings. The van der Waals surface area contributed by atoms with Gasteiger partial charge in [0.2, 0.25) is 0 Å². The van der Waals surface area contributed by atoms with E-state index in [0.717, 1.165) is 11.3 Å². The fourth-order valence-corrected chi connectivity index (χ4v) is 1.83. The highest BCUT2D eigenvalue weighted by Gasteiger charge is 2.11. The number of rotatable bonds is 4. The Morgan fingerprint density at radius 1 is 1.26 bits per heavy atom. The molecule has 0 bridgehead atoms. The minimum Gasteiger partial charge on any atom is -0.496 e. The number of hydrazine groups is 1. The topological polar surface area (TPSA) is 73.1 Å².